The van der Waals surface area contributed by atoms with Gasteiger partial charge in [0.1, 0.15) is 0 Å². The normalized spacial score (nSPS) is 19.7. The van der Waals surface area contributed by atoms with E-state index < -0.39 is 40.7 Å². The van der Waals surface area contributed by atoms with Gasteiger partial charge in [0.25, 0.3) is 10.0 Å². The highest BCUT2D eigenvalue weighted by molar-refractivity contribution is 9.10. The quantitative estimate of drug-likeness (QED) is 0.682. The molecule has 1 aliphatic heterocycles. The minimum absolute atomic E-state index is 0.0118. The van der Waals surface area contributed by atoms with E-state index in [-0.39, 0.29) is 22.0 Å². The molecule has 1 fully saturated rings. The molecule has 1 saturated heterocycles. The second-order valence-electron chi connectivity index (χ2n) is 6.16. The monoisotopic (exact) mass is 493 g/mol. The van der Waals surface area contributed by atoms with Crippen LogP contribution in [0.2, 0.25) is 0 Å². The van der Waals surface area contributed by atoms with Crippen LogP contribution in [-0.2, 0) is 29.7 Å². The van der Waals surface area contributed by atoms with Crippen molar-refractivity contribution in [2.45, 2.75) is 21.5 Å². The third kappa shape index (κ3) is 4.53. The summed E-state index contributed by atoms with van der Waals surface area (Å²) in [5.41, 5.74) is 0.319. The first-order valence-corrected chi connectivity index (χ1v) is 13.5. The molecule has 3 rings (SSSR count). The fourth-order valence-corrected chi connectivity index (χ4v) is 8.76. The third-order valence-electron chi connectivity index (χ3n) is 4.15. The predicted octanol–water partition coefficient (Wildman–Crippen LogP) is 2.21. The second kappa shape index (κ2) is 7.19. The molecule has 7 nitrogen and oxygen atoms in total. The zero-order valence-corrected chi connectivity index (χ0v) is 17.9. The number of hydrogen-bond acceptors (Lipinski definition) is 6. The number of hydrogen-bond donors (Lipinski definition) is 1. The molecule has 0 aliphatic carbocycles. The lowest BCUT2D eigenvalue weighted by Gasteiger charge is -2.12. The number of benzene rings is 2. The highest BCUT2D eigenvalue weighted by Gasteiger charge is 2.38. The standard InChI is InChI=1S/C16H16BrNO6S3/c17-12-3-1-4-13(9-12)18-27(23,24)15-6-2-5-14(10-15)26(21,22)16-7-8-25(19,20)11-16/h1-6,9-10,16,18H,7-8,11H2/t16-/m0/s1. The molecule has 0 spiro atoms. The minimum atomic E-state index is -4.01. The molecule has 2 aromatic rings. The molecule has 11 heteroatoms. The van der Waals surface area contributed by atoms with Gasteiger partial charge in [-0.15, -0.1) is 0 Å². The van der Waals surface area contributed by atoms with E-state index in [1.54, 1.807) is 24.3 Å². The zero-order valence-electron chi connectivity index (χ0n) is 13.9. The van der Waals surface area contributed by atoms with Crippen LogP contribution < -0.4 is 4.72 Å². The molecule has 1 aliphatic rings. The Labute approximate surface area is 166 Å². The average Bonchev–Trinajstić information content (AvgIpc) is 2.95. The van der Waals surface area contributed by atoms with E-state index in [4.69, 9.17) is 0 Å². The van der Waals surface area contributed by atoms with Gasteiger partial charge in [-0.1, -0.05) is 28.1 Å². The maximum atomic E-state index is 12.7. The van der Waals surface area contributed by atoms with Gasteiger partial charge in [0.2, 0.25) is 0 Å². The Morgan fingerprint density at radius 1 is 0.963 bits per heavy atom. The first-order chi connectivity index (χ1) is 12.5. The van der Waals surface area contributed by atoms with Crippen LogP contribution in [0, 0.1) is 0 Å². The molecule has 27 heavy (non-hydrogen) atoms. The molecule has 2 aromatic carbocycles. The van der Waals surface area contributed by atoms with E-state index >= 15 is 0 Å². The summed E-state index contributed by atoms with van der Waals surface area (Å²) in [6.45, 7) is 0. The molecule has 0 unspecified atom stereocenters. The van der Waals surface area contributed by atoms with Gasteiger partial charge in [-0.25, -0.2) is 25.3 Å². The van der Waals surface area contributed by atoms with Gasteiger partial charge in [-0.2, -0.15) is 0 Å². The summed E-state index contributed by atoms with van der Waals surface area (Å²) >= 11 is 3.25. The predicted molar refractivity (Wildman–Crippen MR) is 106 cm³/mol. The Kier molecular flexibility index (Phi) is 5.41. The average molecular weight is 494 g/mol. The lowest BCUT2D eigenvalue weighted by molar-refractivity contribution is 0.582. The van der Waals surface area contributed by atoms with Crippen LogP contribution >= 0.6 is 15.9 Å². The Bertz CT molecular complexity index is 1190. The van der Waals surface area contributed by atoms with E-state index in [1.807, 2.05) is 0 Å². The molecular weight excluding hydrogens is 478 g/mol. The van der Waals surface area contributed by atoms with Gasteiger partial charge in [-0.3, -0.25) is 4.72 Å². The third-order valence-corrected chi connectivity index (χ3v) is 10.2. The van der Waals surface area contributed by atoms with E-state index in [9.17, 15) is 25.3 Å². The summed E-state index contributed by atoms with van der Waals surface area (Å²) in [5.74, 6) is -0.623. The van der Waals surface area contributed by atoms with Crippen LogP contribution in [0.15, 0.2) is 62.8 Å². The molecule has 0 amide bonds. The molecule has 0 radical (unpaired) electrons. The minimum Gasteiger partial charge on any atom is -0.280 e. The molecule has 0 aromatic heterocycles. The maximum absolute atomic E-state index is 12.7. The van der Waals surface area contributed by atoms with Crippen LogP contribution in [0.4, 0.5) is 5.69 Å². The van der Waals surface area contributed by atoms with E-state index in [0.29, 0.717) is 10.2 Å². The summed E-state index contributed by atoms with van der Waals surface area (Å²) < 4.78 is 76.9. The zero-order chi connectivity index (χ0) is 19.9. The molecular formula is C16H16BrNO6S3. The number of nitrogens with one attached hydrogen (secondary N) is 1. The van der Waals surface area contributed by atoms with Crippen LogP contribution in [0.25, 0.3) is 0 Å². The SMILES string of the molecule is O=S1(=O)CC[C@H](S(=O)(=O)c2cccc(S(=O)(=O)Nc3cccc(Br)c3)c2)C1. The van der Waals surface area contributed by atoms with Crippen molar-refractivity contribution in [3.8, 4) is 0 Å². The number of anilines is 1. The van der Waals surface area contributed by atoms with E-state index in [0.717, 1.165) is 6.07 Å². The lowest BCUT2D eigenvalue weighted by atomic mass is 10.3. The van der Waals surface area contributed by atoms with Crippen molar-refractivity contribution in [1.29, 1.82) is 0 Å². The molecule has 0 bridgehead atoms. The lowest BCUT2D eigenvalue weighted by Crippen LogP contribution is -2.23. The molecule has 146 valence electrons. The van der Waals surface area contributed by atoms with E-state index in [1.165, 1.54) is 18.2 Å². The van der Waals surface area contributed by atoms with Crippen molar-refractivity contribution in [2.24, 2.45) is 0 Å². The fraction of sp³-hybridized carbons (Fsp3) is 0.250. The molecule has 1 atom stereocenters. The summed E-state index contributed by atoms with van der Waals surface area (Å²) in [4.78, 5) is -0.425. The fourth-order valence-electron chi connectivity index (χ4n) is 2.78. The van der Waals surface area contributed by atoms with Crippen molar-refractivity contribution >= 4 is 51.3 Å². The summed E-state index contributed by atoms with van der Waals surface area (Å²) in [5, 5.41) is -1.06. The summed E-state index contributed by atoms with van der Waals surface area (Å²) in [6.07, 6.45) is 0.0118. The van der Waals surface area contributed by atoms with Gasteiger partial charge in [0.15, 0.2) is 19.7 Å². The maximum Gasteiger partial charge on any atom is 0.261 e. The Balaban J connectivity index is 1.93. The van der Waals surface area contributed by atoms with Crippen molar-refractivity contribution < 1.29 is 25.3 Å². The van der Waals surface area contributed by atoms with Crippen LogP contribution in [-0.4, -0.2) is 42.0 Å². The largest absolute Gasteiger partial charge is 0.280 e. The van der Waals surface area contributed by atoms with Crippen molar-refractivity contribution in [3.63, 3.8) is 0 Å². The number of sulfonamides is 1. The van der Waals surface area contributed by atoms with E-state index in [2.05, 4.69) is 20.7 Å². The molecule has 0 saturated carbocycles. The van der Waals surface area contributed by atoms with Gasteiger partial charge < -0.3 is 0 Å². The van der Waals surface area contributed by atoms with Crippen LogP contribution in [0.1, 0.15) is 6.42 Å². The van der Waals surface area contributed by atoms with Gasteiger partial charge >= 0.3 is 0 Å². The van der Waals surface area contributed by atoms with Gasteiger partial charge in [0.05, 0.1) is 26.5 Å². The Hall–Kier alpha value is -1.43. The van der Waals surface area contributed by atoms with Crippen LogP contribution in [0.5, 0.6) is 0 Å². The number of rotatable bonds is 5. The molecule has 1 N–H and O–H groups in total. The van der Waals surface area contributed by atoms with Crippen molar-refractivity contribution in [2.75, 3.05) is 16.2 Å². The Morgan fingerprint density at radius 2 is 1.63 bits per heavy atom. The second-order valence-corrected chi connectivity index (χ2v) is 13.2. The van der Waals surface area contributed by atoms with Crippen LogP contribution in [0.3, 0.4) is 0 Å². The van der Waals surface area contributed by atoms with Gasteiger partial charge in [0, 0.05) is 10.2 Å². The van der Waals surface area contributed by atoms with Crippen molar-refractivity contribution in [3.05, 3.63) is 53.0 Å². The van der Waals surface area contributed by atoms with Crippen molar-refractivity contribution in [1.82, 2.24) is 0 Å². The Morgan fingerprint density at radius 3 is 2.26 bits per heavy atom. The summed E-state index contributed by atoms with van der Waals surface area (Å²) in [7, 11) is -11.3. The smallest absolute Gasteiger partial charge is 0.261 e. The molecule has 1 heterocycles. The first kappa shape index (κ1) is 20.3. The number of sulfone groups is 2. The highest BCUT2D eigenvalue weighted by Crippen LogP contribution is 2.27. The van der Waals surface area contributed by atoms with Gasteiger partial charge in [-0.05, 0) is 42.8 Å². The topological polar surface area (TPSA) is 114 Å². The highest BCUT2D eigenvalue weighted by atomic mass is 79.9. The summed E-state index contributed by atoms with van der Waals surface area (Å²) in [6, 6.07) is 11.5. The number of halogens is 1. The first-order valence-electron chi connectivity index (χ1n) is 7.82.